The van der Waals surface area contributed by atoms with Crippen molar-refractivity contribution < 1.29 is 39.8 Å². The van der Waals surface area contributed by atoms with E-state index in [1.807, 2.05) is 0 Å². The number of halogens is 6. The molecule has 0 spiro atoms. The van der Waals surface area contributed by atoms with Gasteiger partial charge in [-0.1, -0.05) is 6.92 Å². The Morgan fingerprint density at radius 1 is 0.946 bits per heavy atom. The maximum absolute atomic E-state index is 14.2. The van der Waals surface area contributed by atoms with Gasteiger partial charge >= 0.3 is 12.2 Å². The summed E-state index contributed by atoms with van der Waals surface area (Å²) < 4.78 is 106. The number of fused-ring (bicyclic) bond motifs is 2. The first kappa shape index (κ1) is 25.4. The first-order valence-electron chi connectivity index (χ1n) is 10.6. The van der Waals surface area contributed by atoms with Gasteiger partial charge < -0.3 is 18.6 Å². The second-order valence-electron chi connectivity index (χ2n) is 8.20. The zero-order valence-corrected chi connectivity index (χ0v) is 21.6. The van der Waals surface area contributed by atoms with E-state index in [2.05, 4.69) is 35.4 Å². The molecule has 5 rings (SSSR count). The van der Waals surface area contributed by atoms with Crippen molar-refractivity contribution in [3.05, 3.63) is 40.6 Å². The lowest BCUT2D eigenvalue weighted by atomic mass is 10.2. The summed E-state index contributed by atoms with van der Waals surface area (Å²) in [5.41, 5.74) is 0.363. The highest BCUT2D eigenvalue weighted by Gasteiger charge is 2.66. The van der Waals surface area contributed by atoms with Crippen LogP contribution in [0.1, 0.15) is 6.92 Å². The SMILES string of the molecule is CCS(=O)(=O)c1c(-c2nc3cc4c(cc3n2C)OC(F)(F)C(F)(F)O4)nc(-c2ccc(Br)c(F)c2)n1C. The molecule has 37 heavy (non-hydrogen) atoms. The minimum atomic E-state index is -4.91. The Kier molecular flexibility index (Phi) is 5.60. The van der Waals surface area contributed by atoms with E-state index in [0.717, 1.165) is 12.1 Å². The molecule has 0 unspecified atom stereocenters. The highest BCUT2D eigenvalue weighted by molar-refractivity contribution is 9.10. The van der Waals surface area contributed by atoms with E-state index < -0.39 is 39.4 Å². The van der Waals surface area contributed by atoms with Gasteiger partial charge in [-0.15, -0.1) is 0 Å². The van der Waals surface area contributed by atoms with E-state index >= 15 is 0 Å². The largest absolute Gasteiger partial charge is 0.507 e. The van der Waals surface area contributed by atoms with Gasteiger partial charge in [0.05, 0.1) is 21.3 Å². The Morgan fingerprint density at radius 2 is 1.57 bits per heavy atom. The summed E-state index contributed by atoms with van der Waals surface area (Å²) in [6.45, 7) is 1.43. The van der Waals surface area contributed by atoms with E-state index in [4.69, 9.17) is 0 Å². The molecular weight excluding hydrogens is 591 g/mol. The average molecular weight is 607 g/mol. The molecule has 0 fully saturated rings. The zero-order chi connectivity index (χ0) is 27.1. The summed E-state index contributed by atoms with van der Waals surface area (Å²) in [5.74, 6) is -2.09. The minimum absolute atomic E-state index is 0.0117. The second-order valence-corrected chi connectivity index (χ2v) is 11.2. The third-order valence-electron chi connectivity index (χ3n) is 5.87. The first-order chi connectivity index (χ1) is 17.2. The molecule has 0 radical (unpaired) electrons. The van der Waals surface area contributed by atoms with Gasteiger partial charge in [0.25, 0.3) is 0 Å². The van der Waals surface area contributed by atoms with Crippen molar-refractivity contribution in [3.8, 4) is 34.4 Å². The lowest BCUT2D eigenvalue weighted by Crippen LogP contribution is -2.52. The van der Waals surface area contributed by atoms with Crippen LogP contribution in [0.3, 0.4) is 0 Å². The van der Waals surface area contributed by atoms with Crippen LogP contribution >= 0.6 is 15.9 Å². The fourth-order valence-electron chi connectivity index (χ4n) is 3.98. The number of sulfone groups is 1. The van der Waals surface area contributed by atoms with Gasteiger partial charge in [0.2, 0.25) is 0 Å². The molecule has 2 aromatic carbocycles. The van der Waals surface area contributed by atoms with Gasteiger partial charge in [-0.05, 0) is 34.1 Å². The van der Waals surface area contributed by atoms with Crippen molar-refractivity contribution in [3.63, 3.8) is 0 Å². The van der Waals surface area contributed by atoms with Gasteiger partial charge in [-0.25, -0.2) is 22.8 Å². The van der Waals surface area contributed by atoms with E-state index in [0.29, 0.717) is 0 Å². The Bertz CT molecular complexity index is 1700. The van der Waals surface area contributed by atoms with Crippen molar-refractivity contribution in [2.24, 2.45) is 14.1 Å². The van der Waals surface area contributed by atoms with E-state index in [1.165, 1.54) is 42.3 Å². The van der Waals surface area contributed by atoms with Gasteiger partial charge in [0.1, 0.15) is 17.3 Å². The molecule has 196 valence electrons. The number of nitrogens with zero attached hydrogens (tertiary/aromatic N) is 4. The van der Waals surface area contributed by atoms with Crippen LogP contribution in [0.2, 0.25) is 0 Å². The van der Waals surface area contributed by atoms with Crippen LogP contribution in [-0.2, 0) is 23.9 Å². The highest BCUT2D eigenvalue weighted by Crippen LogP contribution is 2.48. The predicted molar refractivity (Wildman–Crippen MR) is 125 cm³/mol. The van der Waals surface area contributed by atoms with Crippen LogP contribution in [0, 0.1) is 5.82 Å². The number of aryl methyl sites for hydroxylation is 1. The lowest BCUT2D eigenvalue weighted by molar-refractivity contribution is -0.391. The maximum Gasteiger partial charge on any atom is 0.507 e. The van der Waals surface area contributed by atoms with Crippen LogP contribution < -0.4 is 9.47 Å². The van der Waals surface area contributed by atoms with E-state index in [9.17, 15) is 30.4 Å². The standard InChI is InChI=1S/C22H16BrF5N4O4S/c1-4-37(33,34)20-17(30-18(32(20)3)10-5-6-11(23)12(24)7-10)19-29-13-8-15-16(9-14(13)31(19)2)36-22(27,28)21(25,26)35-15/h5-9H,4H2,1-3H3. The number of aromatic nitrogens is 4. The molecule has 0 aliphatic carbocycles. The monoisotopic (exact) mass is 606 g/mol. The Hall–Kier alpha value is -3.20. The second kappa shape index (κ2) is 8.15. The summed E-state index contributed by atoms with van der Waals surface area (Å²) in [5, 5.41) is -0.220. The molecule has 2 aromatic heterocycles. The van der Waals surface area contributed by atoms with Crippen LogP contribution in [-0.4, -0.2) is 45.5 Å². The number of hydrogen-bond acceptors (Lipinski definition) is 6. The Morgan fingerprint density at radius 3 is 2.16 bits per heavy atom. The molecule has 15 heteroatoms. The lowest BCUT2D eigenvalue weighted by Gasteiger charge is -2.31. The third kappa shape index (κ3) is 3.86. The van der Waals surface area contributed by atoms with Gasteiger partial charge in [0, 0.05) is 31.8 Å². The molecule has 1 aliphatic heterocycles. The summed E-state index contributed by atoms with van der Waals surface area (Å²) in [4.78, 5) is 8.79. The smallest absolute Gasteiger partial charge is 0.421 e. The number of hydrogen-bond donors (Lipinski definition) is 0. The molecule has 0 saturated carbocycles. The summed E-state index contributed by atoms with van der Waals surface area (Å²) in [7, 11) is -1.01. The topological polar surface area (TPSA) is 88.2 Å². The quantitative estimate of drug-likeness (QED) is 0.293. The summed E-state index contributed by atoms with van der Waals surface area (Å²) in [6, 6.07) is 6.18. The highest BCUT2D eigenvalue weighted by atomic mass is 79.9. The molecule has 0 N–H and O–H groups in total. The van der Waals surface area contributed by atoms with Crippen molar-refractivity contribution in [2.45, 2.75) is 24.2 Å². The normalized spacial score (nSPS) is 16.4. The molecule has 0 saturated heterocycles. The Labute approximate surface area is 214 Å². The number of benzene rings is 2. The maximum atomic E-state index is 14.2. The number of rotatable bonds is 4. The molecule has 0 amide bonds. The summed E-state index contributed by atoms with van der Waals surface area (Å²) >= 11 is 3.07. The van der Waals surface area contributed by atoms with Crippen molar-refractivity contribution >= 4 is 36.8 Å². The van der Waals surface area contributed by atoms with Crippen LogP contribution in [0.15, 0.2) is 39.8 Å². The average Bonchev–Trinajstić information content (AvgIpc) is 3.31. The first-order valence-corrected chi connectivity index (χ1v) is 13.0. The van der Waals surface area contributed by atoms with Crippen molar-refractivity contribution in [1.82, 2.24) is 19.1 Å². The molecule has 1 aliphatic rings. The van der Waals surface area contributed by atoms with Gasteiger partial charge in [-0.3, -0.25) is 0 Å². The number of imidazole rings is 2. The van der Waals surface area contributed by atoms with Gasteiger partial charge in [-0.2, -0.15) is 17.6 Å². The molecule has 8 nitrogen and oxygen atoms in total. The van der Waals surface area contributed by atoms with Crippen LogP contribution in [0.4, 0.5) is 22.0 Å². The van der Waals surface area contributed by atoms with E-state index in [1.54, 1.807) is 6.07 Å². The number of alkyl halides is 4. The van der Waals surface area contributed by atoms with E-state index in [-0.39, 0.29) is 49.2 Å². The summed E-state index contributed by atoms with van der Waals surface area (Å²) in [6.07, 6.45) is -9.82. The molecule has 0 atom stereocenters. The third-order valence-corrected chi connectivity index (χ3v) is 8.33. The molecule has 3 heterocycles. The van der Waals surface area contributed by atoms with Crippen LogP contribution in [0.25, 0.3) is 33.9 Å². The van der Waals surface area contributed by atoms with Crippen LogP contribution in [0.5, 0.6) is 11.5 Å². The molecule has 4 aromatic rings. The fourth-order valence-corrected chi connectivity index (χ4v) is 5.44. The zero-order valence-electron chi connectivity index (χ0n) is 19.2. The minimum Gasteiger partial charge on any atom is -0.421 e. The molecule has 0 bridgehead atoms. The number of ether oxygens (including phenoxy) is 2. The molecular formula is C22H16BrF5N4O4S. The van der Waals surface area contributed by atoms with Gasteiger partial charge in [0.15, 0.2) is 32.2 Å². The Balaban J connectivity index is 1.75. The fraction of sp³-hybridized carbons (Fsp3) is 0.273. The van der Waals surface area contributed by atoms with Crippen molar-refractivity contribution in [2.75, 3.05) is 5.75 Å². The van der Waals surface area contributed by atoms with Crippen molar-refractivity contribution in [1.29, 1.82) is 0 Å². The predicted octanol–water partition coefficient (Wildman–Crippen LogP) is 5.29.